The number of hydrogen-bond donors (Lipinski definition) is 1. The van der Waals surface area contributed by atoms with Gasteiger partial charge < -0.3 is 4.74 Å². The van der Waals surface area contributed by atoms with Gasteiger partial charge in [0.2, 0.25) is 10.0 Å². The van der Waals surface area contributed by atoms with Crippen LogP contribution in [-0.2, 0) is 10.0 Å². The third kappa shape index (κ3) is 3.35. The van der Waals surface area contributed by atoms with Crippen molar-refractivity contribution in [1.82, 2.24) is 4.98 Å². The van der Waals surface area contributed by atoms with Gasteiger partial charge in [0.25, 0.3) is 0 Å². The van der Waals surface area contributed by atoms with Gasteiger partial charge in [-0.2, -0.15) is 0 Å². The highest BCUT2D eigenvalue weighted by Gasteiger charge is 2.12. The highest BCUT2D eigenvalue weighted by Crippen LogP contribution is 2.37. The Balaban J connectivity index is 1.80. The molecule has 0 amide bonds. The Morgan fingerprint density at radius 1 is 0.857 bits per heavy atom. The van der Waals surface area contributed by atoms with E-state index in [4.69, 9.17) is 9.88 Å². The molecule has 140 valence electrons. The zero-order valence-electron chi connectivity index (χ0n) is 15.2. The molecule has 3 aromatic carbocycles. The number of benzene rings is 3. The molecule has 0 aliphatic rings. The molecule has 0 saturated heterocycles. The molecule has 0 aliphatic carbocycles. The lowest BCUT2D eigenvalue weighted by Gasteiger charge is -2.13. The first kappa shape index (κ1) is 18.2. The minimum absolute atomic E-state index is 0.0849. The number of rotatable bonds is 4. The number of aromatic nitrogens is 1. The van der Waals surface area contributed by atoms with E-state index in [0.29, 0.717) is 5.75 Å². The van der Waals surface area contributed by atoms with E-state index >= 15 is 0 Å². The summed E-state index contributed by atoms with van der Waals surface area (Å²) >= 11 is 0. The number of nitrogens with zero attached hydrogens (tertiary/aromatic N) is 1. The van der Waals surface area contributed by atoms with Crippen LogP contribution in [0.3, 0.4) is 0 Å². The van der Waals surface area contributed by atoms with Crippen LogP contribution in [0.4, 0.5) is 0 Å². The van der Waals surface area contributed by atoms with Crippen molar-refractivity contribution in [3.05, 3.63) is 79.1 Å². The average Bonchev–Trinajstić information content (AvgIpc) is 2.72. The summed E-state index contributed by atoms with van der Waals surface area (Å²) in [5, 5.41) is 7.33. The second kappa shape index (κ2) is 7.07. The SMILES string of the molecule is COc1cc(-c2ccc(S(N)(=O)=O)cc2)ccc1-c1cncc2ccccc12. The summed E-state index contributed by atoms with van der Waals surface area (Å²) in [5.41, 5.74) is 3.71. The van der Waals surface area contributed by atoms with Gasteiger partial charge in [-0.1, -0.05) is 42.5 Å². The van der Waals surface area contributed by atoms with Crippen LogP contribution >= 0.6 is 0 Å². The van der Waals surface area contributed by atoms with E-state index in [-0.39, 0.29) is 4.90 Å². The lowest BCUT2D eigenvalue weighted by molar-refractivity contribution is 0.416. The normalized spacial score (nSPS) is 11.5. The maximum Gasteiger partial charge on any atom is 0.238 e. The molecule has 0 spiro atoms. The van der Waals surface area contributed by atoms with Crippen LogP contribution in [0.1, 0.15) is 0 Å². The van der Waals surface area contributed by atoms with Gasteiger partial charge >= 0.3 is 0 Å². The van der Waals surface area contributed by atoms with Crippen LogP contribution in [0.15, 0.2) is 84.0 Å². The standard InChI is InChI=1S/C22H18N2O3S/c1-27-22-12-16(15-6-9-18(10-7-15)28(23,25)26)8-11-20(22)21-14-24-13-17-4-2-3-5-19(17)21/h2-14H,1H3,(H2,23,25,26). The van der Waals surface area contributed by atoms with Gasteiger partial charge in [0.1, 0.15) is 5.75 Å². The lowest BCUT2D eigenvalue weighted by atomic mass is 9.97. The summed E-state index contributed by atoms with van der Waals surface area (Å²) in [7, 11) is -2.08. The quantitative estimate of drug-likeness (QED) is 0.565. The van der Waals surface area contributed by atoms with Gasteiger partial charge in [-0.3, -0.25) is 4.98 Å². The van der Waals surface area contributed by atoms with E-state index in [2.05, 4.69) is 11.1 Å². The first-order chi connectivity index (χ1) is 13.5. The van der Waals surface area contributed by atoms with Crippen molar-refractivity contribution >= 4 is 20.8 Å². The van der Waals surface area contributed by atoms with Gasteiger partial charge in [-0.25, -0.2) is 13.6 Å². The number of fused-ring (bicyclic) bond motifs is 1. The van der Waals surface area contributed by atoms with Gasteiger partial charge in [0, 0.05) is 28.9 Å². The van der Waals surface area contributed by atoms with Gasteiger partial charge in [0.05, 0.1) is 12.0 Å². The van der Waals surface area contributed by atoms with Crippen molar-refractivity contribution in [2.24, 2.45) is 5.14 Å². The zero-order chi connectivity index (χ0) is 19.7. The molecular weight excluding hydrogens is 372 g/mol. The molecule has 1 aromatic heterocycles. The smallest absolute Gasteiger partial charge is 0.238 e. The van der Waals surface area contributed by atoms with E-state index < -0.39 is 10.0 Å². The lowest BCUT2D eigenvalue weighted by Crippen LogP contribution is -2.11. The fourth-order valence-electron chi connectivity index (χ4n) is 3.26. The highest BCUT2D eigenvalue weighted by molar-refractivity contribution is 7.89. The minimum atomic E-state index is -3.71. The fraction of sp³-hybridized carbons (Fsp3) is 0.0455. The molecule has 0 fully saturated rings. The number of ether oxygens (including phenoxy) is 1. The van der Waals surface area contributed by atoms with Crippen LogP contribution in [0.5, 0.6) is 5.75 Å². The summed E-state index contributed by atoms with van der Waals surface area (Å²) in [6.07, 6.45) is 3.67. The summed E-state index contributed by atoms with van der Waals surface area (Å²) < 4.78 is 28.5. The molecule has 0 saturated carbocycles. The first-order valence-corrected chi connectivity index (χ1v) is 10.2. The van der Waals surface area contributed by atoms with Crippen LogP contribution in [0.2, 0.25) is 0 Å². The molecule has 4 aromatic rings. The van der Waals surface area contributed by atoms with Crippen LogP contribution < -0.4 is 9.88 Å². The largest absolute Gasteiger partial charge is 0.496 e. The van der Waals surface area contributed by atoms with Crippen molar-refractivity contribution < 1.29 is 13.2 Å². The monoisotopic (exact) mass is 390 g/mol. The maximum absolute atomic E-state index is 11.4. The number of methoxy groups -OCH3 is 1. The Labute approximate surface area is 163 Å². The van der Waals surface area contributed by atoms with Crippen molar-refractivity contribution in [3.8, 4) is 28.0 Å². The average molecular weight is 390 g/mol. The van der Waals surface area contributed by atoms with Gasteiger partial charge in [-0.05, 0) is 40.8 Å². The van der Waals surface area contributed by atoms with Crippen LogP contribution in [-0.4, -0.2) is 20.5 Å². The third-order valence-electron chi connectivity index (χ3n) is 4.68. The molecule has 6 heteroatoms. The van der Waals surface area contributed by atoms with Crippen molar-refractivity contribution in [3.63, 3.8) is 0 Å². The number of sulfonamides is 1. The summed E-state index contributed by atoms with van der Waals surface area (Å²) in [6.45, 7) is 0. The number of nitrogens with two attached hydrogens (primary N) is 1. The molecule has 0 aliphatic heterocycles. The zero-order valence-corrected chi connectivity index (χ0v) is 16.0. The topological polar surface area (TPSA) is 82.3 Å². The van der Waals surface area contributed by atoms with Crippen LogP contribution in [0, 0.1) is 0 Å². The summed E-state index contributed by atoms with van der Waals surface area (Å²) in [6, 6.07) is 20.4. The second-order valence-electron chi connectivity index (χ2n) is 6.39. The van der Waals surface area contributed by atoms with E-state index in [9.17, 15) is 8.42 Å². The number of pyridine rings is 1. The molecule has 4 rings (SSSR count). The first-order valence-electron chi connectivity index (χ1n) is 8.62. The van der Waals surface area contributed by atoms with Crippen molar-refractivity contribution in [1.29, 1.82) is 0 Å². The highest BCUT2D eigenvalue weighted by atomic mass is 32.2. The van der Waals surface area contributed by atoms with E-state index in [1.807, 2.05) is 48.8 Å². The van der Waals surface area contributed by atoms with Gasteiger partial charge in [0.15, 0.2) is 0 Å². The number of hydrogen-bond acceptors (Lipinski definition) is 4. The van der Waals surface area contributed by atoms with E-state index in [0.717, 1.165) is 33.0 Å². The molecular formula is C22H18N2O3S. The predicted molar refractivity (Wildman–Crippen MR) is 111 cm³/mol. The molecule has 0 bridgehead atoms. The van der Waals surface area contributed by atoms with Crippen molar-refractivity contribution in [2.75, 3.05) is 7.11 Å². The Kier molecular flexibility index (Phi) is 4.58. The minimum Gasteiger partial charge on any atom is -0.496 e. The summed E-state index contributed by atoms with van der Waals surface area (Å²) in [5.74, 6) is 0.714. The molecule has 28 heavy (non-hydrogen) atoms. The Morgan fingerprint density at radius 2 is 1.57 bits per heavy atom. The Hall–Kier alpha value is -3.22. The predicted octanol–water partition coefficient (Wildman–Crippen LogP) is 4.22. The van der Waals surface area contributed by atoms with Crippen molar-refractivity contribution in [2.45, 2.75) is 4.90 Å². The fourth-order valence-corrected chi connectivity index (χ4v) is 3.78. The van der Waals surface area contributed by atoms with Crippen LogP contribution in [0.25, 0.3) is 33.0 Å². The Morgan fingerprint density at radius 3 is 2.29 bits per heavy atom. The summed E-state index contributed by atoms with van der Waals surface area (Å²) in [4.78, 5) is 4.44. The molecule has 1 heterocycles. The Bertz CT molecular complexity index is 1260. The number of primary sulfonamides is 1. The third-order valence-corrected chi connectivity index (χ3v) is 5.61. The van der Waals surface area contributed by atoms with E-state index in [1.54, 1.807) is 19.2 Å². The molecule has 0 radical (unpaired) electrons. The van der Waals surface area contributed by atoms with Gasteiger partial charge in [-0.15, -0.1) is 0 Å². The van der Waals surface area contributed by atoms with E-state index in [1.165, 1.54) is 12.1 Å². The molecule has 2 N–H and O–H groups in total. The second-order valence-corrected chi connectivity index (χ2v) is 7.95. The maximum atomic E-state index is 11.4. The molecule has 0 atom stereocenters. The molecule has 5 nitrogen and oxygen atoms in total. The molecule has 0 unspecified atom stereocenters.